The molecule has 0 atom stereocenters. The molecule has 1 aromatic rings. The van der Waals surface area contributed by atoms with Crippen molar-refractivity contribution in [1.82, 2.24) is 10.6 Å². The predicted molar refractivity (Wildman–Crippen MR) is 85.7 cm³/mol. The van der Waals surface area contributed by atoms with Gasteiger partial charge in [-0.2, -0.15) is 0 Å². The number of amides is 1. The molecule has 0 unspecified atom stereocenters. The van der Waals surface area contributed by atoms with Gasteiger partial charge < -0.3 is 10.6 Å². The molecule has 0 radical (unpaired) electrons. The first-order chi connectivity index (χ1) is 9.94. The molecule has 1 saturated heterocycles. The lowest BCUT2D eigenvalue weighted by molar-refractivity contribution is -0.119. The Labute approximate surface area is 133 Å². The van der Waals surface area contributed by atoms with E-state index in [-0.39, 0.29) is 11.8 Å². The van der Waals surface area contributed by atoms with E-state index in [1.54, 1.807) is 18.2 Å². The molecule has 21 heavy (non-hydrogen) atoms. The first-order valence-corrected chi connectivity index (χ1v) is 9.51. The number of hydrogen-bond acceptors (Lipinski definition) is 4. The van der Waals surface area contributed by atoms with E-state index < -0.39 is 21.5 Å². The zero-order valence-corrected chi connectivity index (χ0v) is 14.0. The van der Waals surface area contributed by atoms with Gasteiger partial charge in [0.2, 0.25) is 5.91 Å². The third kappa shape index (κ3) is 5.76. The third-order valence-electron chi connectivity index (χ3n) is 3.33. The van der Waals surface area contributed by atoms with E-state index >= 15 is 0 Å². The number of sulfone groups is 1. The summed E-state index contributed by atoms with van der Waals surface area (Å²) in [5, 5.41) is 6.00. The topological polar surface area (TPSA) is 75.3 Å². The summed E-state index contributed by atoms with van der Waals surface area (Å²) in [6.07, 6.45) is 1.69. The van der Waals surface area contributed by atoms with Crippen molar-refractivity contribution in [2.75, 3.05) is 18.8 Å². The Morgan fingerprint density at radius 2 is 2.05 bits per heavy atom. The minimum Gasteiger partial charge on any atom is -0.352 e. The molecule has 5 nitrogen and oxygen atoms in total. The number of carbonyl (C=O) groups is 1. The molecule has 2 rings (SSSR count). The lowest BCUT2D eigenvalue weighted by Crippen LogP contribution is -2.44. The first-order valence-electron chi connectivity index (χ1n) is 6.89. The summed E-state index contributed by atoms with van der Waals surface area (Å²) < 4.78 is 25.0. The zero-order chi connectivity index (χ0) is 15.3. The Kier molecular flexibility index (Phi) is 5.78. The average molecular weight is 375 g/mol. The van der Waals surface area contributed by atoms with Crippen LogP contribution in [0.3, 0.4) is 0 Å². The summed E-state index contributed by atoms with van der Waals surface area (Å²) in [4.78, 5) is 11.9. The van der Waals surface area contributed by atoms with Gasteiger partial charge in [0.15, 0.2) is 9.84 Å². The third-order valence-corrected chi connectivity index (χ3v) is 5.30. The van der Waals surface area contributed by atoms with Crippen LogP contribution in [0.5, 0.6) is 0 Å². The van der Waals surface area contributed by atoms with Crippen molar-refractivity contribution in [3.63, 3.8) is 0 Å². The van der Waals surface area contributed by atoms with Gasteiger partial charge in [-0.15, -0.1) is 0 Å². The van der Waals surface area contributed by atoms with Gasteiger partial charge in [-0.1, -0.05) is 28.1 Å². The maximum Gasteiger partial charge on any atom is 0.235 e. The van der Waals surface area contributed by atoms with Crippen molar-refractivity contribution < 1.29 is 13.2 Å². The second kappa shape index (κ2) is 7.38. The van der Waals surface area contributed by atoms with Gasteiger partial charge in [-0.25, -0.2) is 8.42 Å². The minimum atomic E-state index is -3.45. The summed E-state index contributed by atoms with van der Waals surface area (Å²) in [5.41, 5.74) is 0.680. The van der Waals surface area contributed by atoms with Gasteiger partial charge in [0.1, 0.15) is 5.75 Å². The zero-order valence-electron chi connectivity index (χ0n) is 11.6. The Hall–Kier alpha value is -0.920. The normalized spacial score (nSPS) is 16.6. The van der Waals surface area contributed by atoms with Crippen molar-refractivity contribution in [2.45, 2.75) is 24.6 Å². The van der Waals surface area contributed by atoms with Gasteiger partial charge >= 0.3 is 0 Å². The van der Waals surface area contributed by atoms with Crippen molar-refractivity contribution in [3.05, 3.63) is 34.3 Å². The Balaban J connectivity index is 1.89. The van der Waals surface area contributed by atoms with E-state index in [1.165, 1.54) is 0 Å². The lowest BCUT2D eigenvalue weighted by Gasteiger charge is -2.23. The summed E-state index contributed by atoms with van der Waals surface area (Å²) in [5.74, 6) is -0.980. The Bertz CT molecular complexity index is 598. The molecular weight excluding hydrogens is 356 g/mol. The summed E-state index contributed by atoms with van der Waals surface area (Å²) in [6.45, 7) is 1.71. The van der Waals surface area contributed by atoms with Crippen LogP contribution in [0.4, 0.5) is 0 Å². The van der Waals surface area contributed by atoms with Crippen LogP contribution in [-0.4, -0.2) is 39.2 Å². The van der Waals surface area contributed by atoms with Crippen LogP contribution in [0.2, 0.25) is 0 Å². The van der Waals surface area contributed by atoms with Gasteiger partial charge in [0, 0.05) is 10.5 Å². The molecule has 0 aromatic heterocycles. The van der Waals surface area contributed by atoms with Crippen LogP contribution >= 0.6 is 15.9 Å². The highest BCUT2D eigenvalue weighted by Gasteiger charge is 2.21. The average Bonchev–Trinajstić information content (AvgIpc) is 2.38. The van der Waals surface area contributed by atoms with E-state index in [9.17, 15) is 13.2 Å². The summed E-state index contributed by atoms with van der Waals surface area (Å²) in [6, 6.07) is 7.19. The number of nitrogens with one attached hydrogen (secondary N) is 2. The van der Waals surface area contributed by atoms with E-state index in [2.05, 4.69) is 26.6 Å². The molecule has 1 aliphatic heterocycles. The highest BCUT2D eigenvalue weighted by atomic mass is 79.9. The summed E-state index contributed by atoms with van der Waals surface area (Å²) >= 11 is 3.31. The van der Waals surface area contributed by atoms with E-state index in [4.69, 9.17) is 0 Å². The molecule has 0 bridgehead atoms. The quantitative estimate of drug-likeness (QED) is 0.812. The van der Waals surface area contributed by atoms with Crippen LogP contribution in [0.25, 0.3) is 0 Å². The molecule has 7 heteroatoms. The molecule has 1 heterocycles. The number of halogens is 1. The van der Waals surface area contributed by atoms with Crippen LogP contribution in [0.1, 0.15) is 18.4 Å². The second-order valence-corrected chi connectivity index (χ2v) is 8.23. The van der Waals surface area contributed by atoms with Crippen LogP contribution in [-0.2, 0) is 20.4 Å². The van der Waals surface area contributed by atoms with Gasteiger partial charge in [-0.3, -0.25) is 4.79 Å². The Morgan fingerprint density at radius 3 is 2.71 bits per heavy atom. The maximum absolute atomic E-state index is 12.1. The van der Waals surface area contributed by atoms with Crippen molar-refractivity contribution in [2.24, 2.45) is 0 Å². The minimum absolute atomic E-state index is 0.0832. The van der Waals surface area contributed by atoms with E-state index in [0.29, 0.717) is 5.56 Å². The van der Waals surface area contributed by atoms with Crippen molar-refractivity contribution in [1.29, 1.82) is 0 Å². The van der Waals surface area contributed by atoms with Crippen LogP contribution in [0.15, 0.2) is 28.7 Å². The highest BCUT2D eigenvalue weighted by Crippen LogP contribution is 2.14. The first kappa shape index (κ1) is 16.5. The molecule has 0 saturated carbocycles. The second-order valence-electron chi connectivity index (χ2n) is 5.25. The fraction of sp³-hybridized carbons (Fsp3) is 0.500. The fourth-order valence-electron chi connectivity index (χ4n) is 2.37. The van der Waals surface area contributed by atoms with E-state index in [1.807, 2.05) is 6.07 Å². The number of carbonyl (C=O) groups excluding carboxylic acids is 1. The molecule has 1 aromatic carbocycles. The van der Waals surface area contributed by atoms with Crippen molar-refractivity contribution in [3.8, 4) is 0 Å². The molecule has 1 aliphatic rings. The van der Waals surface area contributed by atoms with Crippen molar-refractivity contribution >= 4 is 31.7 Å². The highest BCUT2D eigenvalue weighted by molar-refractivity contribution is 9.10. The molecular formula is C14H19BrN2O3S. The number of benzene rings is 1. The standard InChI is InChI=1S/C14H19BrN2O3S/c15-12-3-1-2-11(8-12)9-21(19,20)10-14(18)17-13-4-6-16-7-5-13/h1-3,8,13,16H,4-7,9-10H2,(H,17,18). The molecule has 1 amide bonds. The lowest BCUT2D eigenvalue weighted by atomic mass is 10.1. The molecule has 1 fully saturated rings. The predicted octanol–water partition coefficient (Wildman–Crippen LogP) is 1.23. The number of hydrogen-bond donors (Lipinski definition) is 2. The van der Waals surface area contributed by atoms with Crippen LogP contribution < -0.4 is 10.6 Å². The fourth-order valence-corrected chi connectivity index (χ4v) is 4.09. The number of piperidine rings is 1. The molecule has 2 N–H and O–H groups in total. The molecule has 116 valence electrons. The van der Waals surface area contributed by atoms with Gasteiger partial charge in [0.25, 0.3) is 0 Å². The number of rotatable bonds is 5. The molecule has 0 spiro atoms. The largest absolute Gasteiger partial charge is 0.352 e. The monoisotopic (exact) mass is 374 g/mol. The van der Waals surface area contributed by atoms with E-state index in [0.717, 1.165) is 30.4 Å². The van der Waals surface area contributed by atoms with Gasteiger partial charge in [-0.05, 0) is 43.6 Å². The summed E-state index contributed by atoms with van der Waals surface area (Å²) in [7, 11) is -3.45. The maximum atomic E-state index is 12.1. The van der Waals surface area contributed by atoms with Gasteiger partial charge in [0.05, 0.1) is 5.75 Å². The van der Waals surface area contributed by atoms with Crippen LogP contribution in [0, 0.1) is 0 Å². The molecule has 0 aliphatic carbocycles. The Morgan fingerprint density at radius 1 is 1.33 bits per heavy atom. The SMILES string of the molecule is O=C(CS(=O)(=O)Cc1cccc(Br)c1)NC1CCNCC1. The smallest absolute Gasteiger partial charge is 0.235 e.